The average Bonchev–Trinajstić information content (AvgIpc) is 3.07. The summed E-state index contributed by atoms with van der Waals surface area (Å²) in [7, 11) is 0. The molecule has 2 aliphatic rings. The molecule has 1 aromatic heterocycles. The quantitative estimate of drug-likeness (QED) is 0.631. The summed E-state index contributed by atoms with van der Waals surface area (Å²) in [6, 6.07) is 0.553. The van der Waals surface area contributed by atoms with Crippen LogP contribution in [0.5, 0.6) is 0 Å². The minimum absolute atomic E-state index is 0.0478. The number of morpholine rings is 1. The van der Waals surface area contributed by atoms with Gasteiger partial charge in [0.05, 0.1) is 35.1 Å². The highest BCUT2D eigenvalue weighted by Gasteiger charge is 2.37. The Labute approximate surface area is 127 Å². The van der Waals surface area contributed by atoms with Gasteiger partial charge in [-0.25, -0.2) is 5.43 Å². The SMILES string of the molecule is CCn1ncc(Br)c1C(NN)C1CN2CCCC2CO1. The van der Waals surface area contributed by atoms with Gasteiger partial charge in [0.2, 0.25) is 0 Å². The Morgan fingerprint density at radius 3 is 3.25 bits per heavy atom. The lowest BCUT2D eigenvalue weighted by Crippen LogP contribution is -2.52. The summed E-state index contributed by atoms with van der Waals surface area (Å²) < 4.78 is 9.02. The summed E-state index contributed by atoms with van der Waals surface area (Å²) in [6.45, 7) is 5.81. The average molecular weight is 344 g/mol. The third-order valence-electron chi connectivity index (χ3n) is 4.39. The van der Waals surface area contributed by atoms with Crippen molar-refractivity contribution in [2.45, 2.75) is 44.5 Å². The van der Waals surface area contributed by atoms with Crippen molar-refractivity contribution < 1.29 is 4.74 Å². The molecule has 7 heteroatoms. The van der Waals surface area contributed by atoms with Crippen LogP contribution < -0.4 is 11.3 Å². The van der Waals surface area contributed by atoms with Gasteiger partial charge in [-0.05, 0) is 42.2 Å². The van der Waals surface area contributed by atoms with Crippen molar-refractivity contribution in [3.05, 3.63) is 16.4 Å². The van der Waals surface area contributed by atoms with Crippen LogP contribution in [0.2, 0.25) is 0 Å². The largest absolute Gasteiger partial charge is 0.373 e. The number of hydrogen-bond donors (Lipinski definition) is 2. The van der Waals surface area contributed by atoms with E-state index in [1.54, 1.807) is 0 Å². The van der Waals surface area contributed by atoms with Crippen molar-refractivity contribution in [2.24, 2.45) is 5.84 Å². The number of rotatable bonds is 4. The predicted octanol–water partition coefficient (Wildman–Crippen LogP) is 1.03. The van der Waals surface area contributed by atoms with Crippen molar-refractivity contribution in [2.75, 3.05) is 19.7 Å². The number of hydrazine groups is 1. The van der Waals surface area contributed by atoms with Gasteiger partial charge in [-0.1, -0.05) is 0 Å². The molecule has 2 saturated heterocycles. The highest BCUT2D eigenvalue weighted by molar-refractivity contribution is 9.10. The Morgan fingerprint density at radius 2 is 2.50 bits per heavy atom. The third-order valence-corrected chi connectivity index (χ3v) is 5.01. The second-order valence-electron chi connectivity index (χ2n) is 5.50. The van der Waals surface area contributed by atoms with E-state index in [1.807, 2.05) is 10.9 Å². The third kappa shape index (κ3) is 2.53. The molecular weight excluding hydrogens is 322 g/mol. The molecule has 0 bridgehead atoms. The monoisotopic (exact) mass is 343 g/mol. The minimum atomic E-state index is -0.0478. The Morgan fingerprint density at radius 1 is 1.65 bits per heavy atom. The molecule has 3 atom stereocenters. The van der Waals surface area contributed by atoms with Crippen LogP contribution in [0.25, 0.3) is 0 Å². The molecule has 112 valence electrons. The maximum absolute atomic E-state index is 6.08. The van der Waals surface area contributed by atoms with E-state index in [0.29, 0.717) is 6.04 Å². The van der Waals surface area contributed by atoms with Crippen molar-refractivity contribution in [3.63, 3.8) is 0 Å². The van der Waals surface area contributed by atoms with Gasteiger partial charge >= 0.3 is 0 Å². The second-order valence-corrected chi connectivity index (χ2v) is 6.35. The van der Waals surface area contributed by atoms with Gasteiger partial charge in [0.15, 0.2) is 0 Å². The van der Waals surface area contributed by atoms with Gasteiger partial charge in [-0.15, -0.1) is 0 Å². The van der Waals surface area contributed by atoms with E-state index in [1.165, 1.54) is 19.4 Å². The van der Waals surface area contributed by atoms with Crippen LogP contribution in [0.4, 0.5) is 0 Å². The number of nitrogens with one attached hydrogen (secondary N) is 1. The lowest BCUT2D eigenvalue weighted by Gasteiger charge is -2.38. The fourth-order valence-corrected chi connectivity index (χ4v) is 3.88. The summed E-state index contributed by atoms with van der Waals surface area (Å²) in [6.07, 6.45) is 4.42. The van der Waals surface area contributed by atoms with Gasteiger partial charge in [0.25, 0.3) is 0 Å². The van der Waals surface area contributed by atoms with E-state index < -0.39 is 0 Å². The van der Waals surface area contributed by atoms with Crippen LogP contribution in [-0.4, -0.2) is 46.5 Å². The minimum Gasteiger partial charge on any atom is -0.373 e. The van der Waals surface area contributed by atoms with Gasteiger partial charge < -0.3 is 4.74 Å². The molecule has 0 aliphatic carbocycles. The number of nitrogens with zero attached hydrogens (tertiary/aromatic N) is 3. The summed E-state index contributed by atoms with van der Waals surface area (Å²) in [4.78, 5) is 2.53. The fourth-order valence-electron chi connectivity index (χ4n) is 3.34. The number of halogens is 1. The number of aryl methyl sites for hydroxylation is 1. The van der Waals surface area contributed by atoms with Gasteiger partial charge in [-0.2, -0.15) is 5.10 Å². The van der Waals surface area contributed by atoms with E-state index in [2.05, 4.69) is 38.3 Å². The van der Waals surface area contributed by atoms with Crippen molar-refractivity contribution in [1.82, 2.24) is 20.1 Å². The summed E-state index contributed by atoms with van der Waals surface area (Å²) in [5, 5.41) is 4.37. The van der Waals surface area contributed by atoms with E-state index in [0.717, 1.165) is 29.9 Å². The van der Waals surface area contributed by atoms with Crippen LogP contribution in [0.15, 0.2) is 10.7 Å². The molecule has 0 spiro atoms. The van der Waals surface area contributed by atoms with E-state index in [-0.39, 0.29) is 12.1 Å². The lowest BCUT2D eigenvalue weighted by atomic mass is 10.0. The van der Waals surface area contributed by atoms with E-state index in [4.69, 9.17) is 10.6 Å². The summed E-state index contributed by atoms with van der Waals surface area (Å²) in [5.74, 6) is 5.81. The standard InChI is InChI=1S/C13H22BrN5O/c1-2-19-13(10(14)6-16-19)12(17-15)11-7-18-5-3-4-9(18)8-20-11/h6,9,11-12,17H,2-5,7-8,15H2,1H3. The molecule has 1 aromatic rings. The highest BCUT2D eigenvalue weighted by atomic mass is 79.9. The van der Waals surface area contributed by atoms with Crippen LogP contribution in [0, 0.1) is 0 Å². The number of hydrogen-bond acceptors (Lipinski definition) is 5. The Hall–Kier alpha value is -0.470. The lowest BCUT2D eigenvalue weighted by molar-refractivity contribution is -0.0665. The molecule has 0 amide bonds. The van der Waals surface area contributed by atoms with Crippen molar-refractivity contribution >= 4 is 15.9 Å². The zero-order valence-corrected chi connectivity index (χ0v) is 13.3. The zero-order chi connectivity index (χ0) is 14.1. The summed E-state index contributed by atoms with van der Waals surface area (Å²) >= 11 is 3.57. The number of aromatic nitrogens is 2. The first kappa shape index (κ1) is 14.5. The second kappa shape index (κ2) is 6.11. The molecule has 20 heavy (non-hydrogen) atoms. The van der Waals surface area contributed by atoms with E-state index >= 15 is 0 Å². The molecule has 2 fully saturated rings. The Balaban J connectivity index is 1.81. The predicted molar refractivity (Wildman–Crippen MR) is 80.0 cm³/mol. The molecule has 0 radical (unpaired) electrons. The highest BCUT2D eigenvalue weighted by Crippen LogP contribution is 2.31. The first-order chi connectivity index (χ1) is 9.74. The van der Waals surface area contributed by atoms with Crippen molar-refractivity contribution in [3.8, 4) is 0 Å². The van der Waals surface area contributed by atoms with Crippen LogP contribution >= 0.6 is 15.9 Å². The van der Waals surface area contributed by atoms with Gasteiger partial charge in [-0.3, -0.25) is 15.4 Å². The number of ether oxygens (including phenoxy) is 1. The molecule has 6 nitrogen and oxygen atoms in total. The molecule has 3 N–H and O–H groups in total. The first-order valence-corrected chi connectivity index (χ1v) is 8.06. The van der Waals surface area contributed by atoms with Crippen molar-refractivity contribution in [1.29, 1.82) is 0 Å². The maximum Gasteiger partial charge on any atom is 0.0925 e. The van der Waals surface area contributed by atoms with Crippen LogP contribution in [-0.2, 0) is 11.3 Å². The first-order valence-electron chi connectivity index (χ1n) is 7.27. The normalized spacial score (nSPS) is 28.6. The molecule has 3 rings (SSSR count). The topological polar surface area (TPSA) is 68.3 Å². The zero-order valence-electron chi connectivity index (χ0n) is 11.8. The molecule has 2 aliphatic heterocycles. The molecular formula is C13H22BrN5O. The van der Waals surface area contributed by atoms with E-state index in [9.17, 15) is 0 Å². The van der Waals surface area contributed by atoms with Gasteiger partial charge in [0.1, 0.15) is 0 Å². The Bertz CT molecular complexity index is 466. The Kier molecular flexibility index (Phi) is 4.42. The smallest absolute Gasteiger partial charge is 0.0925 e. The number of nitrogens with two attached hydrogens (primary N) is 1. The molecule has 0 aromatic carbocycles. The molecule has 3 heterocycles. The van der Waals surface area contributed by atoms with Crippen LogP contribution in [0.3, 0.4) is 0 Å². The van der Waals surface area contributed by atoms with Crippen LogP contribution in [0.1, 0.15) is 31.5 Å². The fraction of sp³-hybridized carbons (Fsp3) is 0.769. The summed E-state index contributed by atoms with van der Waals surface area (Å²) in [5.41, 5.74) is 3.99. The maximum atomic E-state index is 6.08. The van der Waals surface area contributed by atoms with Gasteiger partial charge in [0, 0.05) is 19.1 Å². The molecule has 3 unspecified atom stereocenters. The number of fused-ring (bicyclic) bond motifs is 1. The molecule has 0 saturated carbocycles.